The van der Waals surface area contributed by atoms with Crippen LogP contribution in [0.5, 0.6) is 0 Å². The molecule has 2 aliphatic heterocycles. The second-order valence-corrected chi connectivity index (χ2v) is 9.52. The van der Waals surface area contributed by atoms with Crippen LogP contribution < -0.4 is 5.32 Å². The maximum Gasteiger partial charge on any atom is 0.407 e. The average molecular weight is 479 g/mol. The molecule has 2 aromatic rings. The van der Waals surface area contributed by atoms with Crippen molar-refractivity contribution in [2.75, 3.05) is 26.3 Å². The van der Waals surface area contributed by atoms with E-state index in [0.29, 0.717) is 39.0 Å². The van der Waals surface area contributed by atoms with Crippen molar-refractivity contribution in [3.63, 3.8) is 0 Å². The minimum Gasteiger partial charge on any atom is -0.481 e. The number of carboxylic acid groups (broad SMARTS) is 1. The Morgan fingerprint density at radius 3 is 2.23 bits per heavy atom. The standard InChI is InChI=1S/C27H30N2O6/c30-24(31)15-17-9-12-29(13-10-17)26(32)25-23(11-14-34-25)28-27(33)35-16-22-20-7-3-1-5-18(20)19-6-2-4-8-21(19)22/h1-8,17,22-23,25H,9-16H2,(H,28,33)(H,30,31)/t23-,25+/m1/s1. The van der Waals surface area contributed by atoms with Crippen molar-refractivity contribution < 1.29 is 29.0 Å². The first kappa shape index (κ1) is 23.4. The molecule has 0 saturated carbocycles. The summed E-state index contributed by atoms with van der Waals surface area (Å²) in [6, 6.07) is 15.9. The maximum absolute atomic E-state index is 13.1. The highest BCUT2D eigenvalue weighted by molar-refractivity contribution is 5.83. The van der Waals surface area contributed by atoms with Gasteiger partial charge in [-0.25, -0.2) is 4.79 Å². The highest BCUT2D eigenvalue weighted by Crippen LogP contribution is 2.44. The van der Waals surface area contributed by atoms with Crippen LogP contribution in [-0.4, -0.2) is 66.4 Å². The van der Waals surface area contributed by atoms with E-state index in [4.69, 9.17) is 14.6 Å². The molecule has 5 rings (SSSR count). The molecule has 3 aliphatic rings. The number of aliphatic carboxylic acids is 1. The molecular weight excluding hydrogens is 448 g/mol. The van der Waals surface area contributed by atoms with Crippen molar-refractivity contribution in [1.82, 2.24) is 10.2 Å². The number of nitrogens with zero attached hydrogens (tertiary/aromatic N) is 1. The van der Waals surface area contributed by atoms with E-state index in [1.165, 1.54) is 11.1 Å². The molecule has 35 heavy (non-hydrogen) atoms. The van der Waals surface area contributed by atoms with Crippen LogP contribution >= 0.6 is 0 Å². The van der Waals surface area contributed by atoms with E-state index in [-0.39, 0.29) is 30.8 Å². The number of amides is 2. The number of fused-ring (bicyclic) bond motifs is 3. The fourth-order valence-electron chi connectivity index (χ4n) is 5.56. The van der Waals surface area contributed by atoms with Crippen molar-refractivity contribution in [3.05, 3.63) is 59.7 Å². The number of likely N-dealkylation sites (tertiary alicyclic amines) is 1. The number of carbonyl (C=O) groups excluding carboxylic acids is 2. The molecule has 2 amide bonds. The number of hydrogen-bond donors (Lipinski definition) is 2. The summed E-state index contributed by atoms with van der Waals surface area (Å²) >= 11 is 0. The smallest absolute Gasteiger partial charge is 0.407 e. The Morgan fingerprint density at radius 2 is 1.60 bits per heavy atom. The van der Waals surface area contributed by atoms with Crippen LogP contribution in [0.3, 0.4) is 0 Å². The van der Waals surface area contributed by atoms with Crippen molar-refractivity contribution in [2.45, 2.75) is 43.7 Å². The molecule has 0 aromatic heterocycles. The molecule has 2 aromatic carbocycles. The Labute approximate surface area is 204 Å². The summed E-state index contributed by atoms with van der Waals surface area (Å²) in [5.74, 6) is -0.894. The molecule has 0 spiro atoms. The van der Waals surface area contributed by atoms with E-state index in [2.05, 4.69) is 29.6 Å². The van der Waals surface area contributed by atoms with Crippen molar-refractivity contribution in [3.8, 4) is 11.1 Å². The molecule has 0 bridgehead atoms. The summed E-state index contributed by atoms with van der Waals surface area (Å²) < 4.78 is 11.3. The fourth-order valence-corrected chi connectivity index (χ4v) is 5.56. The first-order chi connectivity index (χ1) is 17.0. The molecule has 8 nitrogen and oxygen atoms in total. The van der Waals surface area contributed by atoms with Gasteiger partial charge in [0.25, 0.3) is 5.91 Å². The Morgan fingerprint density at radius 1 is 0.971 bits per heavy atom. The largest absolute Gasteiger partial charge is 0.481 e. The summed E-state index contributed by atoms with van der Waals surface area (Å²) in [5.41, 5.74) is 4.62. The highest BCUT2D eigenvalue weighted by Gasteiger charge is 2.39. The van der Waals surface area contributed by atoms with Gasteiger partial charge in [-0.15, -0.1) is 0 Å². The molecule has 2 saturated heterocycles. The van der Waals surface area contributed by atoms with Gasteiger partial charge in [-0.1, -0.05) is 48.5 Å². The first-order valence-corrected chi connectivity index (χ1v) is 12.2. The zero-order valence-corrected chi connectivity index (χ0v) is 19.5. The molecule has 2 N–H and O–H groups in total. The Bertz CT molecular complexity index is 1060. The fraction of sp³-hybridized carbons (Fsp3) is 0.444. The van der Waals surface area contributed by atoms with Crippen LogP contribution in [0.25, 0.3) is 11.1 Å². The van der Waals surface area contributed by atoms with Gasteiger partial charge in [0.1, 0.15) is 6.61 Å². The molecule has 2 fully saturated rings. The summed E-state index contributed by atoms with van der Waals surface area (Å²) in [5, 5.41) is 11.8. The van der Waals surface area contributed by atoms with Gasteiger partial charge in [-0.2, -0.15) is 0 Å². The lowest BCUT2D eigenvalue weighted by atomic mass is 9.93. The average Bonchev–Trinajstić information content (AvgIpc) is 3.45. The maximum atomic E-state index is 13.1. The number of ether oxygens (including phenoxy) is 2. The van der Waals surface area contributed by atoms with Gasteiger partial charge < -0.3 is 24.8 Å². The quantitative estimate of drug-likeness (QED) is 0.659. The third-order valence-electron chi connectivity index (χ3n) is 7.37. The highest BCUT2D eigenvalue weighted by atomic mass is 16.6. The number of carboxylic acids is 1. The lowest BCUT2D eigenvalue weighted by molar-refractivity contribution is -0.143. The summed E-state index contributed by atoms with van der Waals surface area (Å²) in [7, 11) is 0. The van der Waals surface area contributed by atoms with Gasteiger partial charge in [-0.3, -0.25) is 9.59 Å². The third-order valence-corrected chi connectivity index (χ3v) is 7.37. The van der Waals surface area contributed by atoms with Crippen LogP contribution in [0.15, 0.2) is 48.5 Å². The van der Waals surface area contributed by atoms with Crippen molar-refractivity contribution in [1.29, 1.82) is 0 Å². The Kier molecular flexibility index (Phi) is 6.72. The number of rotatable bonds is 6. The van der Waals surface area contributed by atoms with Gasteiger partial charge in [-0.05, 0) is 47.4 Å². The molecular formula is C27H30N2O6. The molecule has 184 valence electrons. The van der Waals surface area contributed by atoms with Crippen molar-refractivity contribution >= 4 is 18.0 Å². The minimum absolute atomic E-state index is 0.0301. The van der Waals surface area contributed by atoms with Crippen LogP contribution in [0.2, 0.25) is 0 Å². The topological polar surface area (TPSA) is 105 Å². The Hall–Kier alpha value is -3.39. The number of carbonyl (C=O) groups is 3. The number of benzene rings is 2. The first-order valence-electron chi connectivity index (χ1n) is 12.2. The zero-order chi connectivity index (χ0) is 24.4. The van der Waals surface area contributed by atoms with Gasteiger partial charge in [0.2, 0.25) is 0 Å². The lowest BCUT2D eigenvalue weighted by Crippen LogP contribution is -2.51. The van der Waals surface area contributed by atoms with Crippen LogP contribution in [0, 0.1) is 5.92 Å². The number of piperidine rings is 1. The third kappa shape index (κ3) is 4.89. The molecule has 0 unspecified atom stereocenters. The summed E-state index contributed by atoms with van der Waals surface area (Å²) in [6.45, 7) is 1.62. The summed E-state index contributed by atoms with van der Waals surface area (Å²) in [6.07, 6.45) is 0.695. The zero-order valence-electron chi connectivity index (χ0n) is 19.5. The monoisotopic (exact) mass is 478 g/mol. The molecule has 0 radical (unpaired) electrons. The van der Waals surface area contributed by atoms with E-state index >= 15 is 0 Å². The predicted octanol–water partition coefficient (Wildman–Crippen LogP) is 3.40. The SMILES string of the molecule is O=C(O)CC1CCN(C(=O)[C@H]2OCC[C@H]2NC(=O)OCC2c3ccccc3-c3ccccc32)CC1. The van der Waals surface area contributed by atoms with E-state index in [1.54, 1.807) is 4.90 Å². The van der Waals surface area contributed by atoms with Gasteiger partial charge in [0, 0.05) is 32.0 Å². The predicted molar refractivity (Wildman–Crippen MR) is 128 cm³/mol. The van der Waals surface area contributed by atoms with E-state index < -0.39 is 24.2 Å². The number of nitrogens with one attached hydrogen (secondary N) is 1. The second-order valence-electron chi connectivity index (χ2n) is 9.52. The lowest BCUT2D eigenvalue weighted by Gasteiger charge is -2.33. The molecule has 8 heteroatoms. The van der Waals surface area contributed by atoms with E-state index in [0.717, 1.165) is 11.1 Å². The van der Waals surface area contributed by atoms with Crippen LogP contribution in [-0.2, 0) is 19.1 Å². The van der Waals surface area contributed by atoms with Crippen LogP contribution in [0.4, 0.5) is 4.79 Å². The minimum atomic E-state index is -0.804. The van der Waals surface area contributed by atoms with Crippen LogP contribution in [0.1, 0.15) is 42.7 Å². The molecule has 2 heterocycles. The van der Waals surface area contributed by atoms with E-state index in [1.807, 2.05) is 24.3 Å². The summed E-state index contributed by atoms with van der Waals surface area (Å²) in [4.78, 5) is 38.4. The van der Waals surface area contributed by atoms with Gasteiger partial charge in [0.15, 0.2) is 6.10 Å². The van der Waals surface area contributed by atoms with Crippen molar-refractivity contribution in [2.24, 2.45) is 5.92 Å². The van der Waals surface area contributed by atoms with E-state index in [9.17, 15) is 14.4 Å². The Balaban J connectivity index is 1.16. The van der Waals surface area contributed by atoms with Gasteiger partial charge >= 0.3 is 12.1 Å². The molecule has 1 aliphatic carbocycles. The molecule has 2 atom stereocenters. The second kappa shape index (κ2) is 10.1. The number of hydrogen-bond acceptors (Lipinski definition) is 5. The number of alkyl carbamates (subject to hydrolysis) is 1. The normalized spacial score (nSPS) is 21.9. The van der Waals surface area contributed by atoms with Gasteiger partial charge in [0.05, 0.1) is 6.04 Å².